The largest absolute Gasteiger partial charge is 0.342 e. The van der Waals surface area contributed by atoms with Crippen molar-refractivity contribution < 1.29 is 9.59 Å². The third kappa shape index (κ3) is 3.28. The summed E-state index contributed by atoms with van der Waals surface area (Å²) in [6.45, 7) is 10.3. The fourth-order valence-corrected chi connectivity index (χ4v) is 4.29. The first-order valence-electron chi connectivity index (χ1n) is 7.88. The van der Waals surface area contributed by atoms with Crippen molar-refractivity contribution in [3.63, 3.8) is 0 Å². The van der Waals surface area contributed by atoms with Crippen LogP contribution in [0.3, 0.4) is 0 Å². The molecule has 2 rings (SSSR count). The van der Waals surface area contributed by atoms with Crippen molar-refractivity contribution in [1.29, 1.82) is 0 Å². The van der Waals surface area contributed by atoms with Crippen molar-refractivity contribution in [2.24, 2.45) is 0 Å². The predicted octanol–water partition coefficient (Wildman–Crippen LogP) is 3.04. The molecule has 0 aliphatic carbocycles. The molecule has 2 aliphatic heterocycles. The maximum absolute atomic E-state index is 12.1. The Morgan fingerprint density at radius 1 is 1.33 bits per heavy atom. The van der Waals surface area contributed by atoms with Gasteiger partial charge in [-0.05, 0) is 20.3 Å². The van der Waals surface area contributed by atoms with Crippen LogP contribution in [0.15, 0.2) is 12.3 Å². The molecule has 0 saturated carbocycles. The van der Waals surface area contributed by atoms with E-state index in [1.54, 1.807) is 16.7 Å². The molecule has 2 saturated heterocycles. The second-order valence-electron chi connectivity index (χ2n) is 6.38. The van der Waals surface area contributed by atoms with Gasteiger partial charge in [0, 0.05) is 12.1 Å². The van der Waals surface area contributed by atoms with Crippen LogP contribution in [0, 0.1) is 0 Å². The Kier molecular flexibility index (Phi) is 5.02. The van der Waals surface area contributed by atoms with E-state index in [1.807, 2.05) is 0 Å². The quantitative estimate of drug-likeness (QED) is 0.581. The summed E-state index contributed by atoms with van der Waals surface area (Å²) >= 11 is 1.71. The zero-order chi connectivity index (χ0) is 15.6. The van der Waals surface area contributed by atoms with Crippen LogP contribution in [-0.4, -0.2) is 32.9 Å². The summed E-state index contributed by atoms with van der Waals surface area (Å²) < 4.78 is -0.125. The molecular formula is C16H26N2O2S. The van der Waals surface area contributed by atoms with Gasteiger partial charge in [-0.3, -0.25) is 14.5 Å². The molecule has 2 aliphatic rings. The normalized spacial score (nSPS) is 26.5. The van der Waals surface area contributed by atoms with Crippen molar-refractivity contribution in [1.82, 2.24) is 10.2 Å². The number of carbonyl (C=O) groups excluding carboxylic acids is 2. The van der Waals surface area contributed by atoms with Crippen molar-refractivity contribution in [2.45, 2.75) is 75.5 Å². The second-order valence-corrected chi connectivity index (χ2v) is 8.12. The average molecular weight is 310 g/mol. The van der Waals surface area contributed by atoms with E-state index in [2.05, 4.69) is 32.7 Å². The van der Waals surface area contributed by atoms with E-state index in [0.29, 0.717) is 6.42 Å². The van der Waals surface area contributed by atoms with Gasteiger partial charge in [0.15, 0.2) is 0 Å². The molecule has 118 valence electrons. The molecule has 0 aromatic rings. The minimum Gasteiger partial charge on any atom is -0.342 e. The molecule has 5 heteroatoms. The lowest BCUT2D eigenvalue weighted by Crippen LogP contribution is -2.66. The Balaban J connectivity index is 1.76. The number of hydrogen-bond acceptors (Lipinski definition) is 3. The predicted molar refractivity (Wildman–Crippen MR) is 86.8 cm³/mol. The molecule has 0 unspecified atom stereocenters. The summed E-state index contributed by atoms with van der Waals surface area (Å²) in [4.78, 5) is 25.8. The van der Waals surface area contributed by atoms with Crippen LogP contribution < -0.4 is 5.32 Å². The van der Waals surface area contributed by atoms with Crippen LogP contribution in [-0.2, 0) is 9.59 Å². The summed E-state index contributed by atoms with van der Waals surface area (Å²) in [5, 5.41) is 2.93. The van der Waals surface area contributed by atoms with Crippen LogP contribution in [0.25, 0.3) is 0 Å². The number of fused-ring (bicyclic) bond motifs is 1. The fourth-order valence-electron chi connectivity index (χ4n) is 2.80. The van der Waals surface area contributed by atoms with Crippen molar-refractivity contribution >= 4 is 23.6 Å². The first-order chi connectivity index (χ1) is 9.88. The standard InChI is InChI=1S/C16H26N2O2S/c1-5-6-7-8-9-10-12(19)17-13-14(20)18-11(2)16(3,4)21-15(13)18/h13,15H,2,5-10H2,1,3-4H3,(H,17,19)/t13-,15-/m1/s1. The average Bonchev–Trinajstić information content (AvgIpc) is 2.64. The minimum absolute atomic E-state index is 0.000386. The van der Waals surface area contributed by atoms with Crippen LogP contribution in [0.4, 0.5) is 0 Å². The molecular weight excluding hydrogens is 284 g/mol. The third-order valence-corrected chi connectivity index (χ3v) is 5.82. The number of thioether (sulfide) groups is 1. The molecule has 2 amide bonds. The summed E-state index contributed by atoms with van der Waals surface area (Å²) in [6, 6.07) is -0.364. The smallest absolute Gasteiger partial charge is 0.253 e. The third-order valence-electron chi connectivity index (χ3n) is 4.27. The van der Waals surface area contributed by atoms with Crippen molar-refractivity contribution in [3.8, 4) is 0 Å². The van der Waals surface area contributed by atoms with Gasteiger partial charge in [-0.2, -0.15) is 0 Å². The lowest BCUT2D eigenvalue weighted by molar-refractivity contribution is -0.145. The molecule has 2 fully saturated rings. The SMILES string of the molecule is C=C1N2C(=O)[C@@H](NC(=O)CCCCCCC)[C@H]2SC1(C)C. The Hall–Kier alpha value is -0.970. The summed E-state index contributed by atoms with van der Waals surface area (Å²) in [7, 11) is 0. The van der Waals surface area contributed by atoms with Gasteiger partial charge >= 0.3 is 0 Å². The van der Waals surface area contributed by atoms with Crippen LogP contribution in [0.5, 0.6) is 0 Å². The zero-order valence-corrected chi connectivity index (χ0v) is 14.1. The maximum atomic E-state index is 12.1. The Morgan fingerprint density at radius 2 is 2.00 bits per heavy atom. The Labute approximate surface area is 131 Å². The van der Waals surface area contributed by atoms with Crippen molar-refractivity contribution in [2.75, 3.05) is 0 Å². The second kappa shape index (κ2) is 6.42. The van der Waals surface area contributed by atoms with Crippen LogP contribution in [0.2, 0.25) is 0 Å². The highest BCUT2D eigenvalue weighted by Crippen LogP contribution is 2.52. The number of nitrogens with zero attached hydrogens (tertiary/aromatic N) is 1. The first-order valence-corrected chi connectivity index (χ1v) is 8.76. The van der Waals surface area contributed by atoms with E-state index in [1.165, 1.54) is 19.3 Å². The van der Waals surface area contributed by atoms with Gasteiger partial charge in [0.05, 0.1) is 4.75 Å². The summed E-state index contributed by atoms with van der Waals surface area (Å²) in [6.07, 6.45) is 6.15. The molecule has 2 heterocycles. The number of nitrogens with one attached hydrogen (secondary N) is 1. The maximum Gasteiger partial charge on any atom is 0.253 e. The van der Waals surface area contributed by atoms with Gasteiger partial charge in [-0.25, -0.2) is 0 Å². The molecule has 0 aromatic heterocycles. The van der Waals surface area contributed by atoms with E-state index < -0.39 is 0 Å². The Bertz CT molecular complexity index is 448. The van der Waals surface area contributed by atoms with E-state index in [-0.39, 0.29) is 28.0 Å². The summed E-state index contributed by atoms with van der Waals surface area (Å²) in [5.74, 6) is -0.0113. The monoisotopic (exact) mass is 310 g/mol. The van der Waals surface area contributed by atoms with E-state index in [9.17, 15) is 9.59 Å². The van der Waals surface area contributed by atoms with Gasteiger partial charge in [0.25, 0.3) is 5.91 Å². The molecule has 1 N–H and O–H groups in total. The fraction of sp³-hybridized carbons (Fsp3) is 0.750. The highest BCUT2D eigenvalue weighted by atomic mass is 32.2. The minimum atomic E-state index is -0.364. The molecule has 0 spiro atoms. The number of rotatable bonds is 7. The molecule has 21 heavy (non-hydrogen) atoms. The first kappa shape index (κ1) is 16.4. The number of unbranched alkanes of at least 4 members (excludes halogenated alkanes) is 4. The van der Waals surface area contributed by atoms with E-state index in [0.717, 1.165) is 18.5 Å². The van der Waals surface area contributed by atoms with E-state index >= 15 is 0 Å². The number of hydrogen-bond donors (Lipinski definition) is 1. The topological polar surface area (TPSA) is 49.4 Å². The van der Waals surface area contributed by atoms with Crippen molar-refractivity contribution in [3.05, 3.63) is 12.3 Å². The van der Waals surface area contributed by atoms with Crippen LogP contribution in [0.1, 0.15) is 59.3 Å². The van der Waals surface area contributed by atoms with Gasteiger partial charge < -0.3 is 5.32 Å². The van der Waals surface area contributed by atoms with Gasteiger partial charge in [0.2, 0.25) is 5.91 Å². The molecule has 0 bridgehead atoms. The lowest BCUT2D eigenvalue weighted by atomic mass is 10.0. The molecule has 0 radical (unpaired) electrons. The summed E-state index contributed by atoms with van der Waals surface area (Å²) in [5.41, 5.74) is 0.854. The highest BCUT2D eigenvalue weighted by molar-refractivity contribution is 8.01. The van der Waals surface area contributed by atoms with Gasteiger partial charge in [-0.1, -0.05) is 39.2 Å². The lowest BCUT2D eigenvalue weighted by Gasteiger charge is -2.41. The molecule has 2 atom stereocenters. The number of β-lactam (4-membered cyclic amide) rings is 1. The highest BCUT2D eigenvalue weighted by Gasteiger charge is 2.58. The Morgan fingerprint density at radius 3 is 2.67 bits per heavy atom. The number of carbonyl (C=O) groups is 2. The molecule has 4 nitrogen and oxygen atoms in total. The van der Waals surface area contributed by atoms with Gasteiger partial charge in [0.1, 0.15) is 11.4 Å². The van der Waals surface area contributed by atoms with Crippen LogP contribution >= 0.6 is 11.8 Å². The molecule has 0 aromatic carbocycles. The number of amides is 2. The van der Waals surface area contributed by atoms with Gasteiger partial charge in [-0.15, -0.1) is 11.8 Å². The van der Waals surface area contributed by atoms with E-state index in [4.69, 9.17) is 0 Å². The zero-order valence-electron chi connectivity index (χ0n) is 13.3.